The molecular weight excluding hydrogens is 208 g/mol. The van der Waals surface area contributed by atoms with E-state index in [9.17, 15) is 0 Å². The van der Waals surface area contributed by atoms with Crippen molar-refractivity contribution in [2.75, 3.05) is 38.5 Å². The summed E-state index contributed by atoms with van der Waals surface area (Å²) in [6.45, 7) is 2.89. The number of anilines is 2. The van der Waals surface area contributed by atoms with Gasteiger partial charge in [-0.25, -0.2) is 5.01 Å². The second-order valence-electron chi connectivity index (χ2n) is 3.40. The molecule has 0 radical (unpaired) electrons. The summed E-state index contributed by atoms with van der Waals surface area (Å²) in [5.74, 6) is 0.966. The van der Waals surface area contributed by atoms with Crippen molar-refractivity contribution in [2.24, 2.45) is 0 Å². The Hall–Kier alpha value is -1.63. The molecule has 0 unspecified atom stereocenters. The largest absolute Gasteiger partial charge is 0.467 e. The number of nitrogens with zero attached hydrogens (tertiary/aromatic N) is 4. The maximum Gasteiger partial charge on any atom is 0.322 e. The lowest BCUT2D eigenvalue weighted by molar-refractivity contribution is 0.377. The molecule has 0 spiro atoms. The van der Waals surface area contributed by atoms with E-state index in [1.54, 1.807) is 5.01 Å². The zero-order chi connectivity index (χ0) is 12.0. The van der Waals surface area contributed by atoms with Crippen molar-refractivity contribution in [3.05, 3.63) is 0 Å². The minimum atomic E-state index is 0.290. The number of hydrogen-bond acceptors (Lipinski definition) is 7. The van der Waals surface area contributed by atoms with Gasteiger partial charge in [-0.2, -0.15) is 15.0 Å². The maximum absolute atomic E-state index is 5.00. The molecule has 1 heterocycles. The summed E-state index contributed by atoms with van der Waals surface area (Å²) in [5.41, 5.74) is 2.95. The lowest BCUT2D eigenvalue weighted by Gasteiger charge is -2.13. The first kappa shape index (κ1) is 12.4. The molecule has 0 aliphatic rings. The average Bonchev–Trinajstić information content (AvgIpc) is 2.25. The molecule has 90 valence electrons. The van der Waals surface area contributed by atoms with Crippen LogP contribution in [0.3, 0.4) is 0 Å². The monoisotopic (exact) mass is 226 g/mol. The molecule has 0 aliphatic heterocycles. The van der Waals surface area contributed by atoms with Gasteiger partial charge >= 0.3 is 6.01 Å². The maximum atomic E-state index is 5.00. The van der Waals surface area contributed by atoms with E-state index in [1.807, 2.05) is 14.1 Å². The molecule has 7 heteroatoms. The van der Waals surface area contributed by atoms with Crippen molar-refractivity contribution in [3.8, 4) is 6.01 Å². The van der Waals surface area contributed by atoms with Gasteiger partial charge in [-0.15, -0.1) is 0 Å². The molecule has 0 saturated carbocycles. The Bertz CT molecular complexity index is 330. The van der Waals surface area contributed by atoms with Crippen molar-refractivity contribution in [2.45, 2.75) is 13.3 Å². The van der Waals surface area contributed by atoms with Crippen molar-refractivity contribution in [1.82, 2.24) is 20.0 Å². The molecule has 0 atom stereocenters. The van der Waals surface area contributed by atoms with E-state index in [0.717, 1.165) is 13.0 Å². The predicted octanol–water partition coefficient (Wildman–Crippen LogP) is 0.591. The summed E-state index contributed by atoms with van der Waals surface area (Å²) in [5, 5.41) is 4.83. The second kappa shape index (κ2) is 6.06. The first-order chi connectivity index (χ1) is 7.65. The van der Waals surface area contributed by atoms with Gasteiger partial charge in [0.25, 0.3) is 0 Å². The SMILES string of the molecule is CCCNc1nc(NN(C)C)nc(OC)n1. The van der Waals surface area contributed by atoms with Crippen LogP contribution >= 0.6 is 0 Å². The van der Waals surface area contributed by atoms with E-state index in [2.05, 4.69) is 32.6 Å². The molecular formula is C9H18N6O. The van der Waals surface area contributed by atoms with E-state index in [4.69, 9.17) is 4.74 Å². The molecule has 1 rings (SSSR count). The van der Waals surface area contributed by atoms with Crippen LogP contribution in [0.4, 0.5) is 11.9 Å². The first-order valence-corrected chi connectivity index (χ1v) is 5.13. The molecule has 7 nitrogen and oxygen atoms in total. The Morgan fingerprint density at radius 1 is 1.19 bits per heavy atom. The molecule has 0 fully saturated rings. The molecule has 0 aromatic carbocycles. The fourth-order valence-corrected chi connectivity index (χ4v) is 1.01. The standard InChI is InChI=1S/C9H18N6O/c1-5-6-10-7-11-8(14-15(2)3)13-9(12-7)16-4/h5-6H2,1-4H3,(H2,10,11,12,13,14). The van der Waals surface area contributed by atoms with Gasteiger partial charge in [0, 0.05) is 20.6 Å². The Labute approximate surface area is 95.2 Å². The Kier molecular flexibility index (Phi) is 4.71. The summed E-state index contributed by atoms with van der Waals surface area (Å²) < 4.78 is 5.00. The molecule has 1 aromatic heterocycles. The number of hydrazine groups is 1. The van der Waals surface area contributed by atoms with Crippen molar-refractivity contribution in [3.63, 3.8) is 0 Å². The van der Waals surface area contributed by atoms with Crippen LogP contribution in [0.1, 0.15) is 13.3 Å². The number of hydrogen-bond donors (Lipinski definition) is 2. The number of rotatable bonds is 6. The fourth-order valence-electron chi connectivity index (χ4n) is 1.01. The Morgan fingerprint density at radius 3 is 2.44 bits per heavy atom. The smallest absolute Gasteiger partial charge is 0.322 e. The average molecular weight is 226 g/mol. The van der Waals surface area contributed by atoms with Crippen LogP contribution in [0.2, 0.25) is 0 Å². The van der Waals surface area contributed by atoms with Gasteiger partial charge in [0.15, 0.2) is 0 Å². The number of aromatic nitrogens is 3. The molecule has 16 heavy (non-hydrogen) atoms. The summed E-state index contributed by atoms with van der Waals surface area (Å²) in [6, 6.07) is 0.290. The van der Waals surface area contributed by atoms with E-state index in [0.29, 0.717) is 11.9 Å². The Balaban J connectivity index is 2.82. The fraction of sp³-hybridized carbons (Fsp3) is 0.667. The highest BCUT2D eigenvalue weighted by Gasteiger charge is 2.06. The molecule has 1 aromatic rings. The minimum Gasteiger partial charge on any atom is -0.467 e. The van der Waals surface area contributed by atoms with Crippen molar-refractivity contribution >= 4 is 11.9 Å². The highest BCUT2D eigenvalue weighted by Crippen LogP contribution is 2.10. The number of nitrogens with one attached hydrogen (secondary N) is 2. The normalized spacial score (nSPS) is 10.3. The first-order valence-electron chi connectivity index (χ1n) is 5.13. The van der Waals surface area contributed by atoms with Gasteiger partial charge in [0.1, 0.15) is 0 Å². The highest BCUT2D eigenvalue weighted by molar-refractivity contribution is 5.34. The Morgan fingerprint density at radius 2 is 1.88 bits per heavy atom. The van der Waals surface area contributed by atoms with Gasteiger partial charge in [0.05, 0.1) is 7.11 Å². The summed E-state index contributed by atoms with van der Waals surface area (Å²) in [6.07, 6.45) is 1.00. The lowest BCUT2D eigenvalue weighted by Crippen LogP contribution is -2.22. The zero-order valence-corrected chi connectivity index (χ0v) is 10.1. The van der Waals surface area contributed by atoms with Gasteiger partial charge in [-0.1, -0.05) is 6.92 Å². The zero-order valence-electron chi connectivity index (χ0n) is 10.1. The summed E-state index contributed by atoms with van der Waals surface area (Å²) in [4.78, 5) is 12.3. The second-order valence-corrected chi connectivity index (χ2v) is 3.40. The van der Waals surface area contributed by atoms with E-state index >= 15 is 0 Å². The van der Waals surface area contributed by atoms with Crippen LogP contribution in [0.15, 0.2) is 0 Å². The van der Waals surface area contributed by atoms with Crippen LogP contribution in [0.5, 0.6) is 6.01 Å². The third kappa shape index (κ3) is 3.85. The van der Waals surface area contributed by atoms with E-state index in [1.165, 1.54) is 7.11 Å². The number of ether oxygens (including phenoxy) is 1. The topological polar surface area (TPSA) is 75.2 Å². The van der Waals surface area contributed by atoms with Gasteiger partial charge in [-0.05, 0) is 6.42 Å². The van der Waals surface area contributed by atoms with Gasteiger partial charge in [0.2, 0.25) is 11.9 Å². The van der Waals surface area contributed by atoms with Gasteiger partial charge < -0.3 is 10.1 Å². The van der Waals surface area contributed by atoms with Crippen LogP contribution < -0.4 is 15.5 Å². The van der Waals surface area contributed by atoms with Gasteiger partial charge in [-0.3, -0.25) is 5.43 Å². The lowest BCUT2D eigenvalue weighted by atomic mass is 10.5. The molecule has 0 amide bonds. The molecule has 0 aliphatic carbocycles. The van der Waals surface area contributed by atoms with E-state index < -0.39 is 0 Å². The summed E-state index contributed by atoms with van der Waals surface area (Å²) >= 11 is 0. The predicted molar refractivity (Wildman–Crippen MR) is 62.5 cm³/mol. The van der Waals surface area contributed by atoms with Crippen molar-refractivity contribution < 1.29 is 4.74 Å². The highest BCUT2D eigenvalue weighted by atomic mass is 16.5. The third-order valence-corrected chi connectivity index (χ3v) is 1.65. The van der Waals surface area contributed by atoms with Crippen LogP contribution in [-0.2, 0) is 0 Å². The molecule has 0 bridgehead atoms. The third-order valence-electron chi connectivity index (χ3n) is 1.65. The quantitative estimate of drug-likeness (QED) is 0.687. The molecule has 2 N–H and O–H groups in total. The summed E-state index contributed by atoms with van der Waals surface area (Å²) in [7, 11) is 5.24. The molecule has 0 saturated heterocycles. The van der Waals surface area contributed by atoms with Crippen molar-refractivity contribution in [1.29, 1.82) is 0 Å². The van der Waals surface area contributed by atoms with E-state index in [-0.39, 0.29) is 6.01 Å². The number of methoxy groups -OCH3 is 1. The minimum absolute atomic E-state index is 0.290. The van der Waals surface area contributed by atoms with Crippen LogP contribution in [-0.4, -0.2) is 47.7 Å². The van der Waals surface area contributed by atoms with Crippen LogP contribution in [0, 0.1) is 0 Å². The van der Waals surface area contributed by atoms with Crippen LogP contribution in [0.25, 0.3) is 0 Å².